The third kappa shape index (κ3) is 5.38. The van der Waals surface area contributed by atoms with Crippen LogP contribution < -0.4 is 0 Å². The van der Waals surface area contributed by atoms with Crippen molar-refractivity contribution in [2.75, 3.05) is 0 Å². The number of rotatable bonds is 7. The molecule has 0 heterocycles. The van der Waals surface area contributed by atoms with E-state index in [4.69, 9.17) is 0 Å². The molecule has 2 nitrogen and oxygen atoms in total. The van der Waals surface area contributed by atoms with E-state index in [0.717, 1.165) is 34.8 Å². The minimum Gasteiger partial charge on any atom is -0.393 e. The molecule has 31 heavy (non-hydrogen) atoms. The second-order valence-electron chi connectivity index (χ2n) is 11.6. The molecule has 0 saturated heterocycles. The van der Waals surface area contributed by atoms with Crippen molar-refractivity contribution >= 4 is 0 Å². The van der Waals surface area contributed by atoms with Gasteiger partial charge in [0.15, 0.2) is 0 Å². The van der Waals surface area contributed by atoms with Crippen LogP contribution in [0.3, 0.4) is 0 Å². The molecule has 2 heteroatoms. The van der Waals surface area contributed by atoms with E-state index in [1.807, 2.05) is 0 Å². The van der Waals surface area contributed by atoms with E-state index in [0.29, 0.717) is 24.2 Å². The fourth-order valence-electron chi connectivity index (χ4n) is 7.37. The van der Waals surface area contributed by atoms with Gasteiger partial charge in [0.05, 0.1) is 12.2 Å². The second kappa shape index (κ2) is 10.4. The third-order valence-corrected chi connectivity index (χ3v) is 9.45. The fourth-order valence-corrected chi connectivity index (χ4v) is 7.37. The molecule has 0 aromatic carbocycles. The SMILES string of the molecule is C=C1C(=C/C=C2\CCC[C@]3(C)[C@@H]([C@H](C)CC[C@@H](CC)C(C)C)CC[C@@H]23)C[C@@H](O)C[C@@H]1O. The van der Waals surface area contributed by atoms with Gasteiger partial charge in [-0.05, 0) is 91.1 Å². The topological polar surface area (TPSA) is 40.5 Å². The lowest BCUT2D eigenvalue weighted by Gasteiger charge is -2.44. The lowest BCUT2D eigenvalue weighted by Crippen LogP contribution is -2.36. The Bertz CT molecular complexity index is 687. The van der Waals surface area contributed by atoms with E-state index in [1.54, 1.807) is 5.57 Å². The first-order valence-corrected chi connectivity index (χ1v) is 13.1. The maximum Gasteiger partial charge on any atom is 0.0811 e. The van der Waals surface area contributed by atoms with Gasteiger partial charge in [0, 0.05) is 6.42 Å². The van der Waals surface area contributed by atoms with Crippen molar-refractivity contribution in [2.24, 2.45) is 35.0 Å². The smallest absolute Gasteiger partial charge is 0.0811 e. The molecule has 2 N–H and O–H groups in total. The van der Waals surface area contributed by atoms with Gasteiger partial charge in [-0.1, -0.05) is 71.8 Å². The Kier molecular flexibility index (Phi) is 8.30. The van der Waals surface area contributed by atoms with Gasteiger partial charge >= 0.3 is 0 Å². The summed E-state index contributed by atoms with van der Waals surface area (Å²) in [6, 6.07) is 0. The van der Waals surface area contributed by atoms with E-state index < -0.39 is 12.2 Å². The number of fused-ring (bicyclic) bond motifs is 1. The van der Waals surface area contributed by atoms with Crippen LogP contribution >= 0.6 is 0 Å². The number of aliphatic hydroxyl groups excluding tert-OH is 2. The third-order valence-electron chi connectivity index (χ3n) is 9.45. The van der Waals surface area contributed by atoms with Gasteiger partial charge in [-0.3, -0.25) is 0 Å². The molecule has 3 aliphatic rings. The predicted molar refractivity (Wildman–Crippen MR) is 132 cm³/mol. The van der Waals surface area contributed by atoms with Crippen LogP contribution in [0.1, 0.15) is 98.8 Å². The van der Waals surface area contributed by atoms with Crippen molar-refractivity contribution in [3.63, 3.8) is 0 Å². The van der Waals surface area contributed by atoms with Gasteiger partial charge in [-0.2, -0.15) is 0 Å². The molecule has 0 bridgehead atoms. The van der Waals surface area contributed by atoms with Crippen molar-refractivity contribution in [1.29, 1.82) is 0 Å². The Hall–Kier alpha value is -0.860. The Balaban J connectivity index is 1.71. The summed E-state index contributed by atoms with van der Waals surface area (Å²) in [7, 11) is 0. The summed E-state index contributed by atoms with van der Waals surface area (Å²) in [6.45, 7) is 16.3. The van der Waals surface area contributed by atoms with Crippen LogP contribution in [0.2, 0.25) is 0 Å². The van der Waals surface area contributed by atoms with Gasteiger partial charge in [0.2, 0.25) is 0 Å². The van der Waals surface area contributed by atoms with E-state index in [9.17, 15) is 10.2 Å². The van der Waals surface area contributed by atoms with Crippen molar-refractivity contribution in [3.05, 3.63) is 35.5 Å². The average molecular weight is 429 g/mol. The molecular formula is C29H48O2. The normalized spacial score (nSPS) is 38.6. The number of aliphatic hydroxyl groups is 2. The highest BCUT2D eigenvalue weighted by Crippen LogP contribution is 2.60. The lowest BCUT2D eigenvalue weighted by atomic mass is 9.60. The lowest BCUT2D eigenvalue weighted by molar-refractivity contribution is 0.0860. The van der Waals surface area contributed by atoms with Gasteiger partial charge in [0.25, 0.3) is 0 Å². The Morgan fingerprint density at radius 3 is 2.55 bits per heavy atom. The highest BCUT2D eigenvalue weighted by molar-refractivity contribution is 5.38. The van der Waals surface area contributed by atoms with Crippen LogP contribution in [0.15, 0.2) is 35.5 Å². The van der Waals surface area contributed by atoms with Crippen LogP contribution in [-0.4, -0.2) is 22.4 Å². The van der Waals surface area contributed by atoms with Crippen molar-refractivity contribution < 1.29 is 10.2 Å². The summed E-state index contributed by atoms with van der Waals surface area (Å²) in [5.74, 6) is 4.02. The van der Waals surface area contributed by atoms with Crippen molar-refractivity contribution in [2.45, 2.75) is 111 Å². The van der Waals surface area contributed by atoms with E-state index >= 15 is 0 Å². The summed E-state index contributed by atoms with van der Waals surface area (Å²) < 4.78 is 0. The molecule has 0 radical (unpaired) electrons. The van der Waals surface area contributed by atoms with Crippen LogP contribution in [-0.2, 0) is 0 Å². The Morgan fingerprint density at radius 2 is 1.87 bits per heavy atom. The molecule has 176 valence electrons. The van der Waals surface area contributed by atoms with Crippen LogP contribution in [0.5, 0.6) is 0 Å². The van der Waals surface area contributed by atoms with Crippen molar-refractivity contribution in [1.82, 2.24) is 0 Å². The zero-order chi connectivity index (χ0) is 22.8. The summed E-state index contributed by atoms with van der Waals surface area (Å²) in [5, 5.41) is 20.2. The zero-order valence-corrected chi connectivity index (χ0v) is 20.9. The average Bonchev–Trinajstić information content (AvgIpc) is 3.07. The molecule has 3 rings (SSSR count). The summed E-state index contributed by atoms with van der Waals surface area (Å²) in [6.07, 6.45) is 15.1. The Morgan fingerprint density at radius 1 is 1.13 bits per heavy atom. The second-order valence-corrected chi connectivity index (χ2v) is 11.6. The first-order chi connectivity index (χ1) is 14.7. The quantitative estimate of drug-likeness (QED) is 0.449. The molecule has 3 aliphatic carbocycles. The molecule has 3 fully saturated rings. The molecule has 0 aliphatic heterocycles. The van der Waals surface area contributed by atoms with Crippen LogP contribution in [0.25, 0.3) is 0 Å². The fraction of sp³-hybridized carbons (Fsp3) is 0.793. The predicted octanol–water partition coefficient (Wildman–Crippen LogP) is 7.23. The van der Waals surface area contributed by atoms with Crippen molar-refractivity contribution in [3.8, 4) is 0 Å². The zero-order valence-electron chi connectivity index (χ0n) is 20.9. The summed E-state index contributed by atoms with van der Waals surface area (Å²) >= 11 is 0. The molecule has 7 atom stereocenters. The molecular weight excluding hydrogens is 380 g/mol. The highest BCUT2D eigenvalue weighted by atomic mass is 16.3. The molecule has 0 unspecified atom stereocenters. The van der Waals surface area contributed by atoms with Crippen LogP contribution in [0, 0.1) is 35.0 Å². The molecule has 0 spiro atoms. The monoisotopic (exact) mass is 428 g/mol. The van der Waals surface area contributed by atoms with E-state index in [2.05, 4.69) is 53.3 Å². The maximum absolute atomic E-state index is 10.2. The van der Waals surface area contributed by atoms with E-state index in [-0.39, 0.29) is 0 Å². The molecule has 3 saturated carbocycles. The van der Waals surface area contributed by atoms with Gasteiger partial charge in [-0.25, -0.2) is 0 Å². The van der Waals surface area contributed by atoms with E-state index in [1.165, 1.54) is 51.4 Å². The largest absolute Gasteiger partial charge is 0.393 e. The number of allylic oxidation sites excluding steroid dienone is 3. The molecule has 0 aromatic heterocycles. The first-order valence-electron chi connectivity index (χ1n) is 13.1. The number of hydrogen-bond acceptors (Lipinski definition) is 2. The first kappa shape index (κ1) is 24.8. The van der Waals surface area contributed by atoms with Crippen LogP contribution in [0.4, 0.5) is 0 Å². The number of hydrogen-bond donors (Lipinski definition) is 2. The standard InChI is InChI=1S/C29H48O2/c1-7-22(19(2)3)11-10-20(4)26-14-15-27-23(9-8-16-29(26,27)6)12-13-24-17-25(30)18-28(31)21(24)5/h12-13,19-20,22,25-28,30-31H,5,7-11,14-18H2,1-4,6H3/b23-12+,24-13?/t20-,22-,25-,26-,27+,28+,29-/m1/s1. The minimum atomic E-state index is -0.598. The molecule has 0 amide bonds. The maximum atomic E-state index is 10.2. The van der Waals surface area contributed by atoms with Gasteiger partial charge < -0.3 is 10.2 Å². The molecule has 0 aromatic rings. The Labute approximate surface area is 191 Å². The summed E-state index contributed by atoms with van der Waals surface area (Å²) in [5.41, 5.74) is 3.87. The van der Waals surface area contributed by atoms with Gasteiger partial charge in [-0.15, -0.1) is 0 Å². The highest BCUT2D eigenvalue weighted by Gasteiger charge is 2.50. The minimum absolute atomic E-state index is 0.419. The van der Waals surface area contributed by atoms with Gasteiger partial charge in [0.1, 0.15) is 0 Å². The summed E-state index contributed by atoms with van der Waals surface area (Å²) in [4.78, 5) is 0.